The molecule has 0 saturated carbocycles. The van der Waals surface area contributed by atoms with Crippen molar-refractivity contribution in [2.75, 3.05) is 31.9 Å². The van der Waals surface area contributed by atoms with Crippen LogP contribution in [0.15, 0.2) is 17.3 Å². The number of piperazine rings is 1. The Bertz CT molecular complexity index is 532. The van der Waals surface area contributed by atoms with Crippen LogP contribution in [0, 0.1) is 6.92 Å². The Kier molecular flexibility index (Phi) is 4.33. The highest BCUT2D eigenvalue weighted by atomic mass is 32.2. The molecule has 0 atom stereocenters. The molecule has 0 aliphatic carbocycles. The molecule has 1 aliphatic heterocycles. The van der Waals surface area contributed by atoms with Gasteiger partial charge in [-0.2, -0.15) is 4.31 Å². The summed E-state index contributed by atoms with van der Waals surface area (Å²) in [6.07, 6.45) is 1.42. The van der Waals surface area contributed by atoms with Crippen molar-refractivity contribution in [2.24, 2.45) is 0 Å². The first-order chi connectivity index (χ1) is 9.03. The van der Waals surface area contributed by atoms with Crippen LogP contribution in [-0.4, -0.2) is 59.9 Å². The lowest BCUT2D eigenvalue weighted by atomic mass is 10.3. The second-order valence-corrected chi connectivity index (χ2v) is 6.55. The molecule has 0 unspecified atom stereocenters. The van der Waals surface area contributed by atoms with E-state index >= 15 is 0 Å². The van der Waals surface area contributed by atoms with Gasteiger partial charge in [-0.15, -0.1) is 6.58 Å². The van der Waals surface area contributed by atoms with Crippen LogP contribution in [0.4, 0.5) is 0 Å². The maximum absolute atomic E-state index is 11.9. The van der Waals surface area contributed by atoms with Gasteiger partial charge in [-0.1, -0.05) is 16.4 Å². The maximum Gasteiger partial charge on any atom is 0.217 e. The summed E-state index contributed by atoms with van der Waals surface area (Å²) in [5, 5.41) is 7.56. The number of sulfonamides is 1. The average Bonchev–Trinajstić information content (AvgIpc) is 2.76. The van der Waals surface area contributed by atoms with Crippen LogP contribution in [0.25, 0.3) is 0 Å². The zero-order valence-electron chi connectivity index (χ0n) is 10.9. The van der Waals surface area contributed by atoms with E-state index in [4.69, 9.17) is 0 Å². The normalized spacial score (nSPS) is 18.6. The highest BCUT2D eigenvalue weighted by molar-refractivity contribution is 7.89. The van der Waals surface area contributed by atoms with Crippen molar-refractivity contribution in [1.29, 1.82) is 0 Å². The van der Waals surface area contributed by atoms with Gasteiger partial charge in [-0.25, -0.2) is 13.0 Å². The monoisotopic (exact) mass is 286 g/mol. The number of nitrogens with zero attached hydrogens (tertiary/aromatic N) is 4. The van der Waals surface area contributed by atoms with E-state index in [9.17, 15) is 8.42 Å². The summed E-state index contributed by atoms with van der Waals surface area (Å²) >= 11 is 0. The summed E-state index contributed by atoms with van der Waals surface area (Å²) in [6.45, 7) is 8.33. The van der Waals surface area contributed by atoms with Gasteiger partial charge in [0.25, 0.3) is 0 Å². The van der Waals surface area contributed by atoms with E-state index in [1.807, 2.05) is 6.92 Å². The van der Waals surface area contributed by atoms with Gasteiger partial charge in [0.15, 0.2) is 0 Å². The summed E-state index contributed by atoms with van der Waals surface area (Å²) in [5.41, 5.74) is 1.59. The average molecular weight is 286 g/mol. The molecule has 0 N–H and O–H groups in total. The summed E-state index contributed by atoms with van der Waals surface area (Å²) in [7, 11) is -3.18. The van der Waals surface area contributed by atoms with Crippen LogP contribution in [0.1, 0.15) is 11.4 Å². The van der Waals surface area contributed by atoms with E-state index in [0.29, 0.717) is 32.7 Å². The van der Waals surface area contributed by atoms with E-state index < -0.39 is 10.0 Å². The molecular weight excluding hydrogens is 268 g/mol. The second-order valence-electron chi connectivity index (χ2n) is 4.54. The smallest absolute Gasteiger partial charge is 0.217 e. The number of rotatable bonds is 5. The number of aryl methyl sites for hydroxylation is 1. The molecule has 2 rings (SSSR count). The van der Waals surface area contributed by atoms with Crippen molar-refractivity contribution in [1.82, 2.24) is 19.5 Å². The van der Waals surface area contributed by atoms with Crippen molar-refractivity contribution in [2.45, 2.75) is 13.5 Å². The first-order valence-electron chi connectivity index (χ1n) is 6.12. The van der Waals surface area contributed by atoms with E-state index in [0.717, 1.165) is 11.4 Å². The van der Waals surface area contributed by atoms with Crippen molar-refractivity contribution >= 4 is 10.0 Å². The summed E-state index contributed by atoms with van der Waals surface area (Å²) in [4.78, 5) is 2.15. The Morgan fingerprint density at radius 3 is 2.53 bits per heavy atom. The van der Waals surface area contributed by atoms with Gasteiger partial charge < -0.3 is 0 Å². The molecule has 19 heavy (non-hydrogen) atoms. The minimum absolute atomic E-state index is 0.000680. The van der Waals surface area contributed by atoms with Gasteiger partial charge in [0.05, 0.1) is 5.75 Å². The lowest BCUT2D eigenvalue weighted by Gasteiger charge is -2.33. The van der Waals surface area contributed by atoms with E-state index in [2.05, 4.69) is 26.4 Å². The third-order valence-corrected chi connectivity index (χ3v) is 4.98. The summed E-state index contributed by atoms with van der Waals surface area (Å²) in [6, 6.07) is 0. The Labute approximate surface area is 112 Å². The quantitative estimate of drug-likeness (QED) is 0.710. The molecule has 7 nitrogen and oxygen atoms in total. The van der Waals surface area contributed by atoms with Gasteiger partial charge >= 0.3 is 0 Å². The van der Waals surface area contributed by atoms with Crippen LogP contribution in [-0.2, 0) is 16.6 Å². The lowest BCUT2D eigenvalue weighted by molar-refractivity contribution is 0.177. The fourth-order valence-corrected chi connectivity index (χ4v) is 3.25. The minimum atomic E-state index is -3.18. The van der Waals surface area contributed by atoms with Crippen LogP contribution in [0.5, 0.6) is 0 Å². The van der Waals surface area contributed by atoms with Crippen LogP contribution in [0.2, 0.25) is 0 Å². The molecule has 0 bridgehead atoms. The van der Waals surface area contributed by atoms with Crippen molar-refractivity contribution in [3.8, 4) is 0 Å². The van der Waals surface area contributed by atoms with Gasteiger partial charge in [0.1, 0.15) is 11.4 Å². The molecule has 0 radical (unpaired) electrons. The second kappa shape index (κ2) is 5.81. The predicted molar refractivity (Wildman–Crippen MR) is 69.9 cm³/mol. The number of hydrogen-bond acceptors (Lipinski definition) is 6. The molecule has 0 spiro atoms. The van der Waals surface area contributed by atoms with Crippen molar-refractivity contribution in [3.63, 3.8) is 0 Å². The fraction of sp³-hybridized carbons (Fsp3) is 0.636. The SMILES string of the molecule is C=CCS(=O)(=O)N1CCN(Cc2nonc2C)CC1. The zero-order valence-corrected chi connectivity index (χ0v) is 11.8. The Morgan fingerprint density at radius 2 is 2.00 bits per heavy atom. The van der Waals surface area contributed by atoms with Crippen molar-refractivity contribution < 1.29 is 13.0 Å². The topological polar surface area (TPSA) is 79.5 Å². The Hall–Kier alpha value is -1.25. The van der Waals surface area contributed by atoms with E-state index in [1.165, 1.54) is 10.4 Å². The molecule has 0 aromatic carbocycles. The maximum atomic E-state index is 11.9. The first-order valence-corrected chi connectivity index (χ1v) is 7.73. The molecule has 1 saturated heterocycles. The predicted octanol–water partition coefficient (Wildman–Crippen LogP) is 0.0114. The third-order valence-electron chi connectivity index (χ3n) is 3.17. The largest absolute Gasteiger partial charge is 0.295 e. The highest BCUT2D eigenvalue weighted by Gasteiger charge is 2.26. The summed E-state index contributed by atoms with van der Waals surface area (Å²) < 4.78 is 29.9. The number of aromatic nitrogens is 2. The third kappa shape index (κ3) is 3.40. The standard InChI is InChI=1S/C11H18N4O3S/c1-3-8-19(16,17)15-6-4-14(5-7-15)9-11-10(2)12-18-13-11/h3H,1,4-9H2,2H3. The molecule has 106 valence electrons. The van der Waals surface area contributed by atoms with E-state index in [-0.39, 0.29) is 5.75 Å². The van der Waals surface area contributed by atoms with E-state index in [1.54, 1.807) is 0 Å². The molecule has 1 fully saturated rings. The molecule has 2 heterocycles. The molecule has 1 aromatic rings. The Balaban J connectivity index is 1.89. The fourth-order valence-electron chi connectivity index (χ4n) is 2.02. The van der Waals surface area contributed by atoms with Gasteiger partial charge in [0, 0.05) is 32.7 Å². The minimum Gasteiger partial charge on any atom is -0.295 e. The zero-order chi connectivity index (χ0) is 13.9. The van der Waals surface area contributed by atoms with Crippen LogP contribution in [0.3, 0.4) is 0 Å². The van der Waals surface area contributed by atoms with Crippen LogP contribution < -0.4 is 0 Å². The van der Waals surface area contributed by atoms with Crippen LogP contribution >= 0.6 is 0 Å². The van der Waals surface area contributed by atoms with Gasteiger partial charge in [0.2, 0.25) is 10.0 Å². The molecule has 1 aliphatic rings. The number of hydrogen-bond donors (Lipinski definition) is 0. The highest BCUT2D eigenvalue weighted by Crippen LogP contribution is 2.12. The van der Waals surface area contributed by atoms with Gasteiger partial charge in [-0.3, -0.25) is 4.90 Å². The molecular formula is C11H18N4O3S. The first kappa shape index (κ1) is 14.2. The van der Waals surface area contributed by atoms with Gasteiger partial charge in [-0.05, 0) is 6.92 Å². The van der Waals surface area contributed by atoms with Crippen molar-refractivity contribution in [3.05, 3.63) is 24.0 Å². The Morgan fingerprint density at radius 1 is 1.32 bits per heavy atom. The lowest BCUT2D eigenvalue weighted by Crippen LogP contribution is -2.48. The molecule has 8 heteroatoms. The molecule has 1 aromatic heterocycles. The summed E-state index contributed by atoms with van der Waals surface area (Å²) in [5.74, 6) is -0.000680. The molecule has 0 amide bonds.